The summed E-state index contributed by atoms with van der Waals surface area (Å²) in [5, 5.41) is 11.9. The number of hydrogen-bond acceptors (Lipinski definition) is 3. The molecule has 5 heteroatoms. The molecule has 0 amide bonds. The minimum absolute atomic E-state index is 0.0728. The molecule has 1 aliphatic rings. The summed E-state index contributed by atoms with van der Waals surface area (Å²) in [7, 11) is 0. The number of nitrogens with two attached hydrogens (primary N) is 1. The van der Waals surface area contributed by atoms with Gasteiger partial charge in [0.25, 0.3) is 0 Å². The molecule has 110 valence electrons. The van der Waals surface area contributed by atoms with E-state index in [1.54, 1.807) is 6.07 Å². The first-order valence-electron chi connectivity index (χ1n) is 6.85. The quantitative estimate of drug-likeness (QED) is 0.379. The molecule has 1 aliphatic carbocycles. The largest absolute Gasteiger partial charge is 0.490 e. The molecule has 0 atom stereocenters. The molecule has 0 heterocycles. The van der Waals surface area contributed by atoms with Gasteiger partial charge in [0.1, 0.15) is 5.75 Å². The smallest absolute Gasteiger partial charge is 0.173 e. The molecule has 20 heavy (non-hydrogen) atoms. The maximum atomic E-state index is 8.85. The zero-order valence-electron chi connectivity index (χ0n) is 11.9. The van der Waals surface area contributed by atoms with Crippen LogP contribution in [-0.2, 0) is 0 Å². The van der Waals surface area contributed by atoms with Gasteiger partial charge < -0.3 is 15.7 Å². The van der Waals surface area contributed by atoms with Gasteiger partial charge in [-0.15, -0.1) is 0 Å². The Hall–Kier alpha value is -1.23. The maximum absolute atomic E-state index is 8.85. The third kappa shape index (κ3) is 3.66. The van der Waals surface area contributed by atoms with Crippen LogP contribution in [0.2, 0.25) is 0 Å². The van der Waals surface area contributed by atoms with Crippen LogP contribution in [0.15, 0.2) is 27.8 Å². The second kappa shape index (κ2) is 6.04. The van der Waals surface area contributed by atoms with Crippen molar-refractivity contribution in [3.05, 3.63) is 28.2 Å². The summed E-state index contributed by atoms with van der Waals surface area (Å²) >= 11 is 3.43. The Morgan fingerprint density at radius 3 is 2.65 bits per heavy atom. The van der Waals surface area contributed by atoms with Gasteiger partial charge >= 0.3 is 0 Å². The lowest BCUT2D eigenvalue weighted by molar-refractivity contribution is 0.0985. The molecular formula is C15H21BrN2O2. The minimum Gasteiger partial charge on any atom is -0.490 e. The highest BCUT2D eigenvalue weighted by Crippen LogP contribution is 2.37. The van der Waals surface area contributed by atoms with Crippen molar-refractivity contribution in [2.75, 3.05) is 0 Å². The average molecular weight is 341 g/mol. The van der Waals surface area contributed by atoms with Gasteiger partial charge in [-0.25, -0.2) is 0 Å². The summed E-state index contributed by atoms with van der Waals surface area (Å²) in [5.41, 5.74) is 6.73. The molecule has 0 aromatic heterocycles. The second-order valence-electron chi connectivity index (χ2n) is 6.11. The number of oxime groups is 1. The van der Waals surface area contributed by atoms with E-state index in [-0.39, 0.29) is 11.9 Å². The van der Waals surface area contributed by atoms with E-state index in [1.165, 1.54) is 0 Å². The van der Waals surface area contributed by atoms with E-state index in [1.807, 2.05) is 12.1 Å². The number of rotatable bonds is 3. The maximum Gasteiger partial charge on any atom is 0.173 e. The van der Waals surface area contributed by atoms with Crippen molar-refractivity contribution in [1.29, 1.82) is 0 Å². The van der Waals surface area contributed by atoms with Gasteiger partial charge in [-0.1, -0.05) is 34.9 Å². The molecule has 3 N–H and O–H groups in total. The Morgan fingerprint density at radius 1 is 1.40 bits per heavy atom. The number of ether oxygens (including phenoxy) is 1. The predicted octanol–water partition coefficient (Wildman–Crippen LogP) is 3.89. The van der Waals surface area contributed by atoms with Crippen LogP contribution in [-0.4, -0.2) is 17.1 Å². The molecule has 0 radical (unpaired) electrons. The SMILES string of the molecule is CC1(C)CCC(Oc2cc(Br)ccc2/C(N)=N/O)CC1. The van der Waals surface area contributed by atoms with Crippen molar-refractivity contribution in [2.45, 2.75) is 45.6 Å². The molecule has 1 aromatic rings. The molecule has 0 unspecified atom stereocenters. The van der Waals surface area contributed by atoms with Crippen LogP contribution in [0.4, 0.5) is 0 Å². The molecule has 2 rings (SSSR count). The molecule has 1 aromatic carbocycles. The fourth-order valence-corrected chi connectivity index (χ4v) is 2.87. The zero-order chi connectivity index (χ0) is 14.8. The Labute approximate surface area is 128 Å². The molecule has 0 saturated heterocycles. The third-order valence-electron chi connectivity index (χ3n) is 3.91. The van der Waals surface area contributed by atoms with Gasteiger partial charge in [-0.05, 0) is 49.3 Å². The number of halogens is 1. The van der Waals surface area contributed by atoms with Gasteiger partial charge in [-0.3, -0.25) is 0 Å². The van der Waals surface area contributed by atoms with E-state index in [0.717, 1.165) is 30.2 Å². The summed E-state index contributed by atoms with van der Waals surface area (Å²) < 4.78 is 7.00. The number of hydrogen-bond donors (Lipinski definition) is 2. The monoisotopic (exact) mass is 340 g/mol. The molecule has 0 aliphatic heterocycles. The normalized spacial score (nSPS) is 19.9. The van der Waals surface area contributed by atoms with Crippen molar-refractivity contribution in [1.82, 2.24) is 0 Å². The van der Waals surface area contributed by atoms with Crippen LogP contribution >= 0.6 is 15.9 Å². The highest BCUT2D eigenvalue weighted by Gasteiger charge is 2.28. The Balaban J connectivity index is 2.15. The predicted molar refractivity (Wildman–Crippen MR) is 83.3 cm³/mol. The van der Waals surface area contributed by atoms with Crippen molar-refractivity contribution in [3.8, 4) is 5.75 Å². The molecule has 0 bridgehead atoms. The summed E-state index contributed by atoms with van der Waals surface area (Å²) in [4.78, 5) is 0. The topological polar surface area (TPSA) is 67.8 Å². The standard InChI is InChI=1S/C15H21BrN2O2/c1-15(2)7-5-11(6-8-15)20-13-9-10(16)3-4-12(13)14(17)18-19/h3-4,9,11,19H,5-8H2,1-2H3,(H2,17,18). The van der Waals surface area contributed by atoms with Gasteiger partial charge in [0.05, 0.1) is 11.7 Å². The number of nitrogens with zero attached hydrogens (tertiary/aromatic N) is 1. The fraction of sp³-hybridized carbons (Fsp3) is 0.533. The summed E-state index contributed by atoms with van der Waals surface area (Å²) in [5.74, 6) is 0.739. The Morgan fingerprint density at radius 2 is 2.05 bits per heavy atom. The molecule has 1 fully saturated rings. The van der Waals surface area contributed by atoms with Crippen molar-refractivity contribution in [2.24, 2.45) is 16.3 Å². The summed E-state index contributed by atoms with van der Waals surface area (Å²) in [6.45, 7) is 4.59. The van der Waals surface area contributed by atoms with E-state index in [4.69, 9.17) is 15.7 Å². The lowest BCUT2D eigenvalue weighted by atomic mass is 9.76. The number of amidine groups is 1. The Bertz CT molecular complexity index is 505. The first-order valence-corrected chi connectivity index (χ1v) is 7.65. The van der Waals surface area contributed by atoms with Gasteiger partial charge in [0.15, 0.2) is 5.84 Å². The summed E-state index contributed by atoms with van der Waals surface area (Å²) in [6.07, 6.45) is 4.59. The van der Waals surface area contributed by atoms with E-state index in [9.17, 15) is 0 Å². The first-order chi connectivity index (χ1) is 9.41. The Kier molecular flexibility index (Phi) is 4.58. The van der Waals surface area contributed by atoms with Crippen molar-refractivity contribution >= 4 is 21.8 Å². The molecule has 4 nitrogen and oxygen atoms in total. The fourth-order valence-electron chi connectivity index (χ4n) is 2.53. The lowest BCUT2D eigenvalue weighted by Crippen LogP contribution is -2.29. The van der Waals surface area contributed by atoms with Crippen LogP contribution < -0.4 is 10.5 Å². The number of benzene rings is 1. The molecule has 0 spiro atoms. The zero-order valence-corrected chi connectivity index (χ0v) is 13.5. The van der Waals surface area contributed by atoms with Crippen LogP contribution in [0.3, 0.4) is 0 Å². The summed E-state index contributed by atoms with van der Waals surface area (Å²) in [6, 6.07) is 5.51. The van der Waals surface area contributed by atoms with E-state index in [2.05, 4.69) is 34.9 Å². The molecular weight excluding hydrogens is 320 g/mol. The highest BCUT2D eigenvalue weighted by molar-refractivity contribution is 9.10. The van der Waals surface area contributed by atoms with Crippen LogP contribution in [0, 0.1) is 5.41 Å². The van der Waals surface area contributed by atoms with Crippen LogP contribution in [0.5, 0.6) is 5.75 Å². The highest BCUT2D eigenvalue weighted by atomic mass is 79.9. The van der Waals surface area contributed by atoms with Gasteiger partial charge in [-0.2, -0.15) is 0 Å². The lowest BCUT2D eigenvalue weighted by Gasteiger charge is -2.34. The molecule has 1 saturated carbocycles. The van der Waals surface area contributed by atoms with Crippen LogP contribution in [0.1, 0.15) is 45.1 Å². The van der Waals surface area contributed by atoms with Gasteiger partial charge in [0, 0.05) is 4.47 Å². The minimum atomic E-state index is 0.0728. The van der Waals surface area contributed by atoms with Crippen molar-refractivity contribution < 1.29 is 9.94 Å². The first kappa shape index (κ1) is 15.2. The third-order valence-corrected chi connectivity index (χ3v) is 4.40. The second-order valence-corrected chi connectivity index (χ2v) is 7.02. The van der Waals surface area contributed by atoms with Gasteiger partial charge in [0.2, 0.25) is 0 Å². The van der Waals surface area contributed by atoms with Crippen molar-refractivity contribution in [3.63, 3.8) is 0 Å². The van der Waals surface area contributed by atoms with E-state index < -0.39 is 0 Å². The van der Waals surface area contributed by atoms with Crippen LogP contribution in [0.25, 0.3) is 0 Å². The van der Waals surface area contributed by atoms with E-state index in [0.29, 0.717) is 16.7 Å². The average Bonchev–Trinajstić information content (AvgIpc) is 2.40. The van der Waals surface area contributed by atoms with E-state index >= 15 is 0 Å².